The number of rotatable bonds is 8. The molecule has 0 saturated carbocycles. The van der Waals surface area contributed by atoms with Crippen LogP contribution in [0.15, 0.2) is 15.8 Å². The Kier molecular flexibility index (Phi) is 7.41. The number of phosphoric ester groups is 1. The molecular formula is C10H16FN2O14P3. The topological polar surface area (TPSA) is 244 Å². The zero-order chi connectivity index (χ0) is 23.1. The number of hydrogen-bond acceptors (Lipinski definition) is 10. The molecule has 1 aliphatic rings. The Morgan fingerprint density at radius 3 is 2.33 bits per heavy atom. The minimum absolute atomic E-state index is 0.0107. The summed E-state index contributed by atoms with van der Waals surface area (Å²) in [6.07, 6.45) is -6.79. The maximum absolute atomic E-state index is 14.4. The predicted octanol–water partition coefficient (Wildman–Crippen LogP) is -1.22. The van der Waals surface area contributed by atoms with Crippen molar-refractivity contribution in [2.45, 2.75) is 31.5 Å². The van der Waals surface area contributed by atoms with Gasteiger partial charge >= 0.3 is 29.2 Å². The van der Waals surface area contributed by atoms with Crippen LogP contribution in [0, 0.1) is 6.92 Å². The molecule has 3 unspecified atom stereocenters. The van der Waals surface area contributed by atoms with Crippen LogP contribution in [0.3, 0.4) is 0 Å². The van der Waals surface area contributed by atoms with Crippen molar-refractivity contribution < 1.29 is 60.6 Å². The summed E-state index contributed by atoms with van der Waals surface area (Å²) in [6.45, 7) is 0.180. The molecule has 30 heavy (non-hydrogen) atoms. The van der Waals surface area contributed by atoms with E-state index >= 15 is 0 Å². The second kappa shape index (κ2) is 8.82. The summed E-state index contributed by atoms with van der Waals surface area (Å²) in [6, 6.07) is 0. The van der Waals surface area contributed by atoms with Gasteiger partial charge in [-0.3, -0.25) is 18.9 Å². The smallest absolute Gasteiger partial charge is 0.387 e. The van der Waals surface area contributed by atoms with E-state index in [1.54, 1.807) is 0 Å². The highest BCUT2D eigenvalue weighted by Crippen LogP contribution is 2.66. The summed E-state index contributed by atoms with van der Waals surface area (Å²) in [4.78, 5) is 60.4. The molecular weight excluding hydrogens is 484 g/mol. The van der Waals surface area contributed by atoms with Crippen molar-refractivity contribution in [3.05, 3.63) is 32.6 Å². The van der Waals surface area contributed by atoms with Gasteiger partial charge in [-0.05, 0) is 6.92 Å². The number of nitrogens with one attached hydrogen (secondary N) is 1. The fourth-order valence-corrected chi connectivity index (χ4v) is 5.34. The Morgan fingerprint density at radius 2 is 1.77 bits per heavy atom. The lowest BCUT2D eigenvalue weighted by molar-refractivity contribution is -0.0483. The number of phosphoric acid groups is 3. The van der Waals surface area contributed by atoms with Gasteiger partial charge < -0.3 is 29.4 Å². The zero-order valence-electron chi connectivity index (χ0n) is 14.7. The zero-order valence-corrected chi connectivity index (χ0v) is 17.4. The molecule has 2 rings (SSSR count). The highest BCUT2D eigenvalue weighted by atomic mass is 31.3. The summed E-state index contributed by atoms with van der Waals surface area (Å²) in [5, 5.41) is 9.87. The molecule has 6 atom stereocenters. The van der Waals surface area contributed by atoms with Crippen molar-refractivity contribution in [1.82, 2.24) is 9.55 Å². The molecule has 0 bridgehead atoms. The van der Waals surface area contributed by atoms with E-state index in [9.17, 15) is 37.7 Å². The first kappa shape index (κ1) is 25.2. The van der Waals surface area contributed by atoms with Crippen LogP contribution in [0.5, 0.6) is 0 Å². The fourth-order valence-electron chi connectivity index (χ4n) is 2.31. The Bertz CT molecular complexity index is 1050. The first-order valence-electron chi connectivity index (χ1n) is 7.59. The van der Waals surface area contributed by atoms with Crippen molar-refractivity contribution in [3.8, 4) is 0 Å². The number of H-pyrrole nitrogens is 1. The summed E-state index contributed by atoms with van der Waals surface area (Å²) < 4.78 is 64.8. The molecule has 16 nitrogen and oxygen atoms in total. The summed E-state index contributed by atoms with van der Waals surface area (Å²) in [5.41, 5.74) is -1.80. The first-order chi connectivity index (χ1) is 13.5. The van der Waals surface area contributed by atoms with Gasteiger partial charge in [0.15, 0.2) is 12.4 Å². The van der Waals surface area contributed by atoms with Crippen LogP contribution in [-0.4, -0.2) is 59.2 Å². The van der Waals surface area contributed by atoms with Crippen molar-refractivity contribution in [3.63, 3.8) is 0 Å². The third kappa shape index (κ3) is 6.47. The summed E-state index contributed by atoms with van der Waals surface area (Å²) in [5.74, 6) is 0. The lowest BCUT2D eigenvalue weighted by atomic mass is 10.1. The summed E-state index contributed by atoms with van der Waals surface area (Å²) >= 11 is 0. The van der Waals surface area contributed by atoms with Crippen molar-refractivity contribution in [1.29, 1.82) is 0 Å². The van der Waals surface area contributed by atoms with Gasteiger partial charge in [-0.15, -0.1) is 0 Å². The van der Waals surface area contributed by atoms with Crippen LogP contribution < -0.4 is 11.2 Å². The average Bonchev–Trinajstić information content (AvgIpc) is 2.81. The number of halogens is 1. The van der Waals surface area contributed by atoms with Crippen LogP contribution in [0.25, 0.3) is 0 Å². The molecule has 0 amide bonds. The van der Waals surface area contributed by atoms with Gasteiger partial charge in [-0.25, -0.2) is 22.9 Å². The predicted molar refractivity (Wildman–Crippen MR) is 90.7 cm³/mol. The molecule has 6 N–H and O–H groups in total. The number of ether oxygens (including phenoxy) is 1. The maximum Gasteiger partial charge on any atom is 0.490 e. The molecule has 1 aromatic rings. The minimum atomic E-state index is -5.76. The molecule has 1 fully saturated rings. The van der Waals surface area contributed by atoms with Crippen molar-refractivity contribution in [2.75, 3.05) is 6.61 Å². The number of hydrogen-bond donors (Lipinski definition) is 6. The van der Waals surface area contributed by atoms with Crippen molar-refractivity contribution >= 4 is 23.5 Å². The number of aliphatic hydroxyl groups is 1. The largest absolute Gasteiger partial charge is 0.490 e. The molecule has 1 aromatic heterocycles. The maximum atomic E-state index is 14.4. The highest BCUT2D eigenvalue weighted by molar-refractivity contribution is 7.66. The Labute approximate surface area is 165 Å². The van der Waals surface area contributed by atoms with E-state index in [1.807, 2.05) is 4.98 Å². The van der Waals surface area contributed by atoms with Gasteiger partial charge in [0, 0.05) is 11.8 Å². The third-order valence-electron chi connectivity index (χ3n) is 3.53. The van der Waals surface area contributed by atoms with Gasteiger partial charge in [0.25, 0.3) is 5.56 Å². The average molecular weight is 500 g/mol. The van der Waals surface area contributed by atoms with Gasteiger partial charge in [-0.2, -0.15) is 8.62 Å². The monoisotopic (exact) mass is 500 g/mol. The second-order valence-electron chi connectivity index (χ2n) is 5.87. The molecule has 0 aromatic carbocycles. The molecule has 0 radical (unpaired) electrons. The van der Waals surface area contributed by atoms with E-state index < -0.39 is 65.9 Å². The quantitative estimate of drug-likeness (QED) is 0.229. The molecule has 20 heteroatoms. The number of aliphatic hydroxyl groups excluding tert-OH is 1. The number of aryl methyl sites for hydroxylation is 1. The Morgan fingerprint density at radius 1 is 1.17 bits per heavy atom. The van der Waals surface area contributed by atoms with Crippen LogP contribution in [0.2, 0.25) is 0 Å². The van der Waals surface area contributed by atoms with Gasteiger partial charge in [0.1, 0.15) is 12.2 Å². The van der Waals surface area contributed by atoms with Crippen LogP contribution in [-0.2, 0) is 31.6 Å². The SMILES string of the molecule is Cc1cn([C@H]2O[C@@H](COP(=O)(O)OP(=O)(O)OP(=O)(O)O)C(O)[C@H]2F)c(=O)[nH]c1=O. The van der Waals surface area contributed by atoms with Gasteiger partial charge in [-0.1, -0.05) is 0 Å². The van der Waals surface area contributed by atoms with Crippen LogP contribution in [0.4, 0.5) is 4.39 Å². The molecule has 1 saturated heterocycles. The lowest BCUT2D eigenvalue weighted by Gasteiger charge is -2.19. The molecule has 0 spiro atoms. The number of aromatic amines is 1. The second-order valence-corrected chi connectivity index (χ2v) is 10.3. The van der Waals surface area contributed by atoms with Crippen molar-refractivity contribution in [2.24, 2.45) is 0 Å². The van der Waals surface area contributed by atoms with E-state index in [0.717, 1.165) is 6.20 Å². The normalized spacial score (nSPS) is 28.8. The van der Waals surface area contributed by atoms with Gasteiger partial charge in [0.2, 0.25) is 0 Å². The molecule has 1 aliphatic heterocycles. The van der Waals surface area contributed by atoms with Crippen LogP contribution in [0.1, 0.15) is 11.8 Å². The minimum Gasteiger partial charge on any atom is -0.387 e. The standard InChI is InChI=1S/C10H16FN2O14P3/c1-4-2-13(10(16)12-8(4)15)9-6(11)7(14)5(25-9)3-24-29(20,21)27-30(22,23)26-28(17,18)19/h2,5-7,9,14H,3H2,1H3,(H,20,21)(H,22,23)(H,12,15,16)(H2,17,18,19)/t5-,6+,7?,9-/m0/s1. The van der Waals surface area contributed by atoms with E-state index in [2.05, 4.69) is 13.1 Å². The molecule has 0 aliphatic carbocycles. The number of alkyl halides is 1. The van der Waals surface area contributed by atoms with E-state index in [1.165, 1.54) is 6.92 Å². The molecule has 2 heterocycles. The van der Waals surface area contributed by atoms with E-state index in [4.69, 9.17) is 19.4 Å². The van der Waals surface area contributed by atoms with Crippen LogP contribution >= 0.6 is 23.5 Å². The lowest BCUT2D eigenvalue weighted by Crippen LogP contribution is -2.36. The highest BCUT2D eigenvalue weighted by Gasteiger charge is 2.47. The number of aromatic nitrogens is 2. The Balaban J connectivity index is 2.09. The Hall–Kier alpha value is -1.06. The first-order valence-corrected chi connectivity index (χ1v) is 12.1. The van der Waals surface area contributed by atoms with E-state index in [-0.39, 0.29) is 5.56 Å². The molecule has 172 valence electrons. The summed E-state index contributed by atoms with van der Waals surface area (Å²) in [7, 11) is -16.9. The van der Waals surface area contributed by atoms with E-state index in [0.29, 0.717) is 4.57 Å². The fraction of sp³-hybridized carbons (Fsp3) is 0.600. The van der Waals surface area contributed by atoms with Gasteiger partial charge in [0.05, 0.1) is 6.61 Å². The number of nitrogens with zero attached hydrogens (tertiary/aromatic N) is 1. The third-order valence-corrected chi connectivity index (χ3v) is 7.33.